The summed E-state index contributed by atoms with van der Waals surface area (Å²) in [6.07, 6.45) is 9.09. The number of hydrogen-bond donors (Lipinski definition) is 1. The summed E-state index contributed by atoms with van der Waals surface area (Å²) < 4.78 is 12.1. The highest BCUT2D eigenvalue weighted by atomic mass is 16.5. The number of nitrogens with zero attached hydrogens (tertiary/aromatic N) is 3. The molecule has 3 aromatic heterocycles. The minimum absolute atomic E-state index is 0.229. The first-order valence-corrected chi connectivity index (χ1v) is 6.57. The standard InChI is InChI=1S/C14H14N4O3/c19-14(16-4-2-6-18-7-5-15-10-18)13-11(9-21-17-13)12-3-1-8-20-12/h1,3,5,7-10H,2,4,6H2,(H,16,19). The number of furan rings is 1. The van der Waals surface area contributed by atoms with Gasteiger partial charge in [0, 0.05) is 25.5 Å². The lowest BCUT2D eigenvalue weighted by Crippen LogP contribution is -2.26. The molecule has 7 heteroatoms. The topological polar surface area (TPSA) is 86.1 Å². The lowest BCUT2D eigenvalue weighted by molar-refractivity contribution is 0.0944. The van der Waals surface area contributed by atoms with Crippen LogP contribution in [0.15, 0.2) is 52.3 Å². The van der Waals surface area contributed by atoms with Gasteiger partial charge in [-0.2, -0.15) is 0 Å². The molecule has 0 aliphatic heterocycles. The molecule has 0 saturated heterocycles. The third-order valence-corrected chi connectivity index (χ3v) is 3.01. The third kappa shape index (κ3) is 3.02. The summed E-state index contributed by atoms with van der Waals surface area (Å²) in [7, 11) is 0. The zero-order valence-corrected chi connectivity index (χ0v) is 11.2. The first-order valence-electron chi connectivity index (χ1n) is 6.57. The first kappa shape index (κ1) is 13.2. The maximum atomic E-state index is 12.1. The molecule has 0 unspecified atom stereocenters. The van der Waals surface area contributed by atoms with Crippen molar-refractivity contribution in [3.63, 3.8) is 0 Å². The number of imidazole rings is 1. The molecule has 3 heterocycles. The summed E-state index contributed by atoms with van der Waals surface area (Å²) in [5, 5.41) is 6.55. The van der Waals surface area contributed by atoms with Gasteiger partial charge in [-0.15, -0.1) is 0 Å². The lowest BCUT2D eigenvalue weighted by Gasteiger charge is -2.04. The van der Waals surface area contributed by atoms with Gasteiger partial charge in [-0.3, -0.25) is 4.79 Å². The molecule has 0 spiro atoms. The van der Waals surface area contributed by atoms with Gasteiger partial charge in [0.1, 0.15) is 12.0 Å². The van der Waals surface area contributed by atoms with E-state index in [0.29, 0.717) is 17.9 Å². The number of carbonyl (C=O) groups is 1. The van der Waals surface area contributed by atoms with E-state index in [-0.39, 0.29) is 11.6 Å². The largest absolute Gasteiger partial charge is 0.464 e. The van der Waals surface area contributed by atoms with Crippen LogP contribution in [0, 0.1) is 0 Å². The predicted octanol–water partition coefficient (Wildman–Crippen LogP) is 1.95. The van der Waals surface area contributed by atoms with Crippen LogP contribution in [0.1, 0.15) is 16.9 Å². The van der Waals surface area contributed by atoms with Crippen molar-refractivity contribution >= 4 is 5.91 Å². The third-order valence-electron chi connectivity index (χ3n) is 3.01. The Morgan fingerprint density at radius 2 is 2.38 bits per heavy atom. The van der Waals surface area contributed by atoms with Crippen molar-refractivity contribution in [1.82, 2.24) is 20.0 Å². The minimum Gasteiger partial charge on any atom is -0.464 e. The molecule has 0 aliphatic rings. The Kier molecular flexibility index (Phi) is 3.81. The quantitative estimate of drug-likeness (QED) is 0.700. The number of nitrogens with one attached hydrogen (secondary N) is 1. The molecule has 0 fully saturated rings. The first-order chi connectivity index (χ1) is 10.3. The molecule has 0 radical (unpaired) electrons. The number of carbonyl (C=O) groups excluding carboxylic acids is 1. The highest BCUT2D eigenvalue weighted by Crippen LogP contribution is 2.23. The summed E-state index contributed by atoms with van der Waals surface area (Å²) in [5.74, 6) is 0.278. The predicted molar refractivity (Wildman–Crippen MR) is 73.4 cm³/mol. The lowest BCUT2D eigenvalue weighted by atomic mass is 10.2. The van der Waals surface area contributed by atoms with Gasteiger partial charge in [-0.05, 0) is 18.6 Å². The Morgan fingerprint density at radius 3 is 3.14 bits per heavy atom. The summed E-state index contributed by atoms with van der Waals surface area (Å²) >= 11 is 0. The SMILES string of the molecule is O=C(NCCCn1ccnc1)c1nocc1-c1ccco1. The molecule has 1 amide bonds. The van der Waals surface area contributed by atoms with Crippen LogP contribution in [0.2, 0.25) is 0 Å². The zero-order valence-electron chi connectivity index (χ0n) is 11.2. The minimum atomic E-state index is -0.277. The fourth-order valence-electron chi connectivity index (χ4n) is 1.97. The van der Waals surface area contributed by atoms with Gasteiger partial charge in [-0.25, -0.2) is 4.98 Å². The second kappa shape index (κ2) is 6.08. The number of rotatable bonds is 6. The molecule has 7 nitrogen and oxygen atoms in total. The molecule has 108 valence electrons. The van der Waals surface area contributed by atoms with Crippen molar-refractivity contribution in [1.29, 1.82) is 0 Å². The van der Waals surface area contributed by atoms with Crippen LogP contribution < -0.4 is 5.32 Å². The molecule has 0 aliphatic carbocycles. The second-order valence-corrected chi connectivity index (χ2v) is 4.46. The molecule has 3 rings (SSSR count). The molecule has 21 heavy (non-hydrogen) atoms. The molecular weight excluding hydrogens is 272 g/mol. The summed E-state index contributed by atoms with van der Waals surface area (Å²) in [6, 6.07) is 3.50. The average molecular weight is 286 g/mol. The molecule has 1 N–H and O–H groups in total. The molecule has 0 atom stereocenters. The van der Waals surface area contributed by atoms with E-state index in [9.17, 15) is 4.79 Å². The highest BCUT2D eigenvalue weighted by molar-refractivity contribution is 5.97. The van der Waals surface area contributed by atoms with E-state index in [2.05, 4.69) is 15.5 Å². The summed E-state index contributed by atoms with van der Waals surface area (Å²) in [6.45, 7) is 1.34. The Labute approximate surface area is 120 Å². The van der Waals surface area contributed by atoms with Crippen LogP contribution in [-0.2, 0) is 6.54 Å². The molecule has 0 saturated carbocycles. The maximum Gasteiger partial charge on any atom is 0.274 e. The van der Waals surface area contributed by atoms with Gasteiger partial charge >= 0.3 is 0 Å². The van der Waals surface area contributed by atoms with Gasteiger partial charge in [0.05, 0.1) is 18.2 Å². The Bertz CT molecular complexity index is 686. The van der Waals surface area contributed by atoms with Crippen LogP contribution in [0.4, 0.5) is 0 Å². The monoisotopic (exact) mass is 286 g/mol. The summed E-state index contributed by atoms with van der Waals surface area (Å²) in [4.78, 5) is 16.0. The number of amides is 1. The zero-order chi connectivity index (χ0) is 14.5. The van der Waals surface area contributed by atoms with Crippen LogP contribution in [0.5, 0.6) is 0 Å². The molecule has 0 aromatic carbocycles. The van der Waals surface area contributed by atoms with E-state index in [0.717, 1.165) is 13.0 Å². The van der Waals surface area contributed by atoms with E-state index in [1.807, 2.05) is 10.8 Å². The number of aromatic nitrogens is 3. The molecule has 0 bridgehead atoms. The average Bonchev–Trinajstić information content (AvgIpc) is 3.24. The van der Waals surface area contributed by atoms with Crippen molar-refractivity contribution in [3.05, 3.63) is 49.1 Å². The number of aryl methyl sites for hydroxylation is 1. The van der Waals surface area contributed by atoms with Crippen LogP contribution in [-0.4, -0.2) is 27.2 Å². The Hall–Kier alpha value is -2.83. The van der Waals surface area contributed by atoms with Crippen molar-refractivity contribution in [2.24, 2.45) is 0 Å². The van der Waals surface area contributed by atoms with Crippen LogP contribution in [0.3, 0.4) is 0 Å². The second-order valence-electron chi connectivity index (χ2n) is 4.46. The Morgan fingerprint density at radius 1 is 1.43 bits per heavy atom. The van der Waals surface area contributed by atoms with Crippen molar-refractivity contribution < 1.29 is 13.7 Å². The van der Waals surface area contributed by atoms with E-state index in [1.165, 1.54) is 12.5 Å². The van der Waals surface area contributed by atoms with Crippen molar-refractivity contribution in [3.8, 4) is 11.3 Å². The number of hydrogen-bond acceptors (Lipinski definition) is 5. The molecular formula is C14H14N4O3. The fourth-order valence-corrected chi connectivity index (χ4v) is 1.97. The van der Waals surface area contributed by atoms with Gasteiger partial charge < -0.3 is 18.8 Å². The van der Waals surface area contributed by atoms with Crippen molar-refractivity contribution in [2.45, 2.75) is 13.0 Å². The normalized spacial score (nSPS) is 10.7. The fraction of sp³-hybridized carbons (Fsp3) is 0.214. The Balaban J connectivity index is 1.55. The van der Waals surface area contributed by atoms with Gasteiger partial charge in [-0.1, -0.05) is 5.16 Å². The van der Waals surface area contributed by atoms with Crippen LogP contribution >= 0.6 is 0 Å². The smallest absolute Gasteiger partial charge is 0.274 e. The van der Waals surface area contributed by atoms with E-state index in [4.69, 9.17) is 8.94 Å². The maximum absolute atomic E-state index is 12.1. The van der Waals surface area contributed by atoms with Gasteiger partial charge in [0.2, 0.25) is 0 Å². The van der Waals surface area contributed by atoms with Crippen molar-refractivity contribution in [2.75, 3.05) is 6.54 Å². The summed E-state index contributed by atoms with van der Waals surface area (Å²) in [5.41, 5.74) is 0.777. The van der Waals surface area contributed by atoms with E-state index < -0.39 is 0 Å². The van der Waals surface area contributed by atoms with E-state index >= 15 is 0 Å². The van der Waals surface area contributed by atoms with Crippen LogP contribution in [0.25, 0.3) is 11.3 Å². The van der Waals surface area contributed by atoms with E-state index in [1.54, 1.807) is 24.7 Å². The van der Waals surface area contributed by atoms with Gasteiger partial charge in [0.15, 0.2) is 5.69 Å². The van der Waals surface area contributed by atoms with Gasteiger partial charge in [0.25, 0.3) is 5.91 Å². The highest BCUT2D eigenvalue weighted by Gasteiger charge is 2.18. The molecule has 3 aromatic rings.